The van der Waals surface area contributed by atoms with Gasteiger partial charge in [-0.05, 0) is 55.5 Å². The second-order valence-electron chi connectivity index (χ2n) is 5.51. The molecule has 0 aliphatic carbocycles. The normalized spacial score (nSPS) is 11.2. The number of hydrogen-bond donors (Lipinski definition) is 0. The standard InChI is InChI=1S/C19H17ClN2O3/c1-13-18(11-21-22(13)2)19(23)10-9-16-7-8-17(25-16)12-24-15-5-3-14(20)4-6-15/h3-11H,12H2,1-2H3/b10-9-. The molecular weight excluding hydrogens is 340 g/mol. The molecule has 25 heavy (non-hydrogen) atoms. The number of carbonyl (C=O) groups excluding carboxylic acids is 1. The van der Waals surface area contributed by atoms with Crippen molar-refractivity contribution in [1.82, 2.24) is 9.78 Å². The number of aryl methyl sites for hydroxylation is 1. The summed E-state index contributed by atoms with van der Waals surface area (Å²) >= 11 is 5.83. The van der Waals surface area contributed by atoms with Gasteiger partial charge in [0.15, 0.2) is 5.78 Å². The summed E-state index contributed by atoms with van der Waals surface area (Å²) in [6, 6.07) is 10.7. The Morgan fingerprint density at radius 3 is 2.72 bits per heavy atom. The van der Waals surface area contributed by atoms with Gasteiger partial charge < -0.3 is 9.15 Å². The van der Waals surface area contributed by atoms with Crippen molar-refractivity contribution in [3.63, 3.8) is 0 Å². The highest BCUT2D eigenvalue weighted by Gasteiger charge is 2.10. The van der Waals surface area contributed by atoms with Crippen LogP contribution in [0, 0.1) is 6.92 Å². The van der Waals surface area contributed by atoms with Crippen LogP contribution in [0.4, 0.5) is 0 Å². The maximum Gasteiger partial charge on any atom is 0.189 e. The maximum absolute atomic E-state index is 12.2. The molecule has 0 radical (unpaired) electrons. The minimum Gasteiger partial charge on any atom is -0.486 e. The Morgan fingerprint density at radius 1 is 1.28 bits per heavy atom. The summed E-state index contributed by atoms with van der Waals surface area (Å²) in [6.45, 7) is 2.15. The molecule has 2 aromatic heterocycles. The summed E-state index contributed by atoms with van der Waals surface area (Å²) in [6.07, 6.45) is 4.68. The summed E-state index contributed by atoms with van der Waals surface area (Å²) in [7, 11) is 1.80. The first kappa shape index (κ1) is 17.0. The zero-order valence-electron chi connectivity index (χ0n) is 13.9. The number of halogens is 1. The molecule has 1 aromatic carbocycles. The lowest BCUT2D eigenvalue weighted by molar-refractivity contribution is 0.104. The molecule has 5 nitrogen and oxygen atoms in total. The number of nitrogens with zero attached hydrogens (tertiary/aromatic N) is 2. The highest BCUT2D eigenvalue weighted by Crippen LogP contribution is 2.18. The zero-order chi connectivity index (χ0) is 17.8. The van der Waals surface area contributed by atoms with Gasteiger partial charge in [-0.25, -0.2) is 0 Å². The third kappa shape index (κ3) is 4.19. The Morgan fingerprint density at radius 2 is 2.04 bits per heavy atom. The van der Waals surface area contributed by atoms with Gasteiger partial charge in [0, 0.05) is 17.8 Å². The van der Waals surface area contributed by atoms with E-state index in [0.717, 1.165) is 5.69 Å². The van der Waals surface area contributed by atoms with Crippen LogP contribution in [0.15, 0.2) is 53.1 Å². The minimum atomic E-state index is -0.110. The van der Waals surface area contributed by atoms with Gasteiger partial charge in [0.05, 0.1) is 11.8 Å². The van der Waals surface area contributed by atoms with Crippen LogP contribution in [0.5, 0.6) is 5.75 Å². The Bertz CT molecular complexity index is 907. The minimum absolute atomic E-state index is 0.110. The molecule has 0 saturated heterocycles. The Labute approximate surface area is 150 Å². The highest BCUT2D eigenvalue weighted by atomic mass is 35.5. The third-order valence-electron chi connectivity index (χ3n) is 3.78. The molecule has 6 heteroatoms. The number of furan rings is 1. The number of ketones is 1. The fourth-order valence-electron chi connectivity index (χ4n) is 2.24. The largest absolute Gasteiger partial charge is 0.486 e. The highest BCUT2D eigenvalue weighted by molar-refractivity contribution is 6.30. The Balaban J connectivity index is 1.60. The number of allylic oxidation sites excluding steroid dienone is 1. The smallest absolute Gasteiger partial charge is 0.189 e. The van der Waals surface area contributed by atoms with E-state index >= 15 is 0 Å². The second-order valence-corrected chi connectivity index (χ2v) is 5.95. The molecule has 0 saturated carbocycles. The molecule has 0 fully saturated rings. The Hall–Kier alpha value is -2.79. The van der Waals surface area contributed by atoms with E-state index in [4.69, 9.17) is 20.8 Å². The van der Waals surface area contributed by atoms with Crippen molar-refractivity contribution in [2.45, 2.75) is 13.5 Å². The number of benzene rings is 1. The molecule has 0 unspecified atom stereocenters. The van der Waals surface area contributed by atoms with Crippen LogP contribution < -0.4 is 4.74 Å². The van der Waals surface area contributed by atoms with Crippen molar-refractivity contribution in [1.29, 1.82) is 0 Å². The maximum atomic E-state index is 12.2. The molecule has 0 aliphatic rings. The van der Waals surface area contributed by atoms with Crippen LogP contribution in [-0.2, 0) is 13.7 Å². The van der Waals surface area contributed by atoms with Crippen LogP contribution in [0.2, 0.25) is 5.02 Å². The molecule has 0 amide bonds. The first-order valence-electron chi connectivity index (χ1n) is 7.71. The predicted molar refractivity (Wildman–Crippen MR) is 95.8 cm³/mol. The van der Waals surface area contributed by atoms with Crippen LogP contribution >= 0.6 is 11.6 Å². The third-order valence-corrected chi connectivity index (χ3v) is 4.03. The first-order valence-corrected chi connectivity index (χ1v) is 8.09. The van der Waals surface area contributed by atoms with Crippen molar-refractivity contribution in [3.05, 3.63) is 76.5 Å². The molecule has 0 atom stereocenters. The van der Waals surface area contributed by atoms with E-state index in [-0.39, 0.29) is 5.78 Å². The topological polar surface area (TPSA) is 57.3 Å². The number of carbonyl (C=O) groups is 1. The number of aromatic nitrogens is 2. The van der Waals surface area contributed by atoms with Crippen LogP contribution in [0.25, 0.3) is 6.08 Å². The first-order chi connectivity index (χ1) is 12.0. The average molecular weight is 357 g/mol. The van der Waals surface area contributed by atoms with Crippen molar-refractivity contribution in [3.8, 4) is 5.75 Å². The zero-order valence-corrected chi connectivity index (χ0v) is 14.7. The lowest BCUT2D eigenvalue weighted by atomic mass is 10.1. The Kier molecular flexibility index (Phi) is 5.05. The number of ether oxygens (including phenoxy) is 1. The van der Waals surface area contributed by atoms with Gasteiger partial charge >= 0.3 is 0 Å². The van der Waals surface area contributed by atoms with Crippen molar-refractivity contribution in [2.24, 2.45) is 7.05 Å². The van der Waals surface area contributed by atoms with Crippen LogP contribution in [0.3, 0.4) is 0 Å². The van der Waals surface area contributed by atoms with Gasteiger partial charge in [-0.1, -0.05) is 11.6 Å². The van der Waals surface area contributed by atoms with Gasteiger partial charge in [0.1, 0.15) is 23.9 Å². The van der Waals surface area contributed by atoms with Crippen molar-refractivity contribution in [2.75, 3.05) is 0 Å². The molecule has 0 N–H and O–H groups in total. The number of hydrogen-bond acceptors (Lipinski definition) is 4. The summed E-state index contributed by atoms with van der Waals surface area (Å²) in [4.78, 5) is 12.2. The van der Waals surface area contributed by atoms with E-state index < -0.39 is 0 Å². The van der Waals surface area contributed by atoms with E-state index in [0.29, 0.717) is 34.5 Å². The second kappa shape index (κ2) is 7.40. The van der Waals surface area contributed by atoms with E-state index in [1.165, 1.54) is 6.08 Å². The van der Waals surface area contributed by atoms with E-state index in [1.54, 1.807) is 54.3 Å². The van der Waals surface area contributed by atoms with Crippen molar-refractivity contribution >= 4 is 23.5 Å². The predicted octanol–water partition coefficient (Wildman–Crippen LogP) is 4.45. The fraction of sp³-hybridized carbons (Fsp3) is 0.158. The molecule has 128 valence electrons. The van der Waals surface area contributed by atoms with E-state index in [9.17, 15) is 4.79 Å². The van der Waals surface area contributed by atoms with Gasteiger partial charge in [0.25, 0.3) is 0 Å². The summed E-state index contributed by atoms with van der Waals surface area (Å²) in [5.41, 5.74) is 1.41. The van der Waals surface area contributed by atoms with Gasteiger partial charge in [-0.3, -0.25) is 9.48 Å². The van der Waals surface area contributed by atoms with E-state index in [2.05, 4.69) is 5.10 Å². The quantitative estimate of drug-likeness (QED) is 0.483. The molecule has 3 aromatic rings. The molecule has 0 bridgehead atoms. The van der Waals surface area contributed by atoms with E-state index in [1.807, 2.05) is 13.0 Å². The molecule has 0 aliphatic heterocycles. The SMILES string of the molecule is Cc1c(C(=O)/C=C\c2ccc(COc3ccc(Cl)cc3)o2)cnn1C. The number of rotatable bonds is 6. The monoisotopic (exact) mass is 356 g/mol. The van der Waals surface area contributed by atoms with Crippen LogP contribution in [0.1, 0.15) is 27.6 Å². The van der Waals surface area contributed by atoms with Crippen LogP contribution in [-0.4, -0.2) is 15.6 Å². The molecule has 3 rings (SSSR count). The van der Waals surface area contributed by atoms with Gasteiger partial charge in [0.2, 0.25) is 0 Å². The lowest BCUT2D eigenvalue weighted by Crippen LogP contribution is -1.98. The summed E-state index contributed by atoms with van der Waals surface area (Å²) in [5.74, 6) is 1.85. The molecule has 2 heterocycles. The summed E-state index contributed by atoms with van der Waals surface area (Å²) in [5, 5.41) is 4.73. The van der Waals surface area contributed by atoms with Gasteiger partial charge in [-0.2, -0.15) is 5.10 Å². The van der Waals surface area contributed by atoms with Gasteiger partial charge in [-0.15, -0.1) is 0 Å². The molecular formula is C19H17ClN2O3. The molecule has 0 spiro atoms. The average Bonchev–Trinajstić information content (AvgIpc) is 3.20. The van der Waals surface area contributed by atoms with Crippen molar-refractivity contribution < 1.29 is 13.9 Å². The fourth-order valence-corrected chi connectivity index (χ4v) is 2.36. The lowest BCUT2D eigenvalue weighted by Gasteiger charge is -2.03. The summed E-state index contributed by atoms with van der Waals surface area (Å²) < 4.78 is 12.9.